The molecule has 0 atom stereocenters. The molecule has 29 heavy (non-hydrogen) atoms. The second kappa shape index (κ2) is 6.33. The molecule has 1 aromatic heterocycles. The van der Waals surface area contributed by atoms with Gasteiger partial charge >= 0.3 is 6.36 Å². The molecule has 0 unspecified atom stereocenters. The van der Waals surface area contributed by atoms with Crippen molar-refractivity contribution in [3.05, 3.63) is 53.3 Å². The Kier molecular flexibility index (Phi) is 4.03. The Morgan fingerprint density at radius 3 is 1.83 bits per heavy atom. The minimum Gasteiger partial charge on any atom is -0.505 e. The van der Waals surface area contributed by atoms with Gasteiger partial charge in [0.25, 0.3) is 11.8 Å². The monoisotopic (exact) mass is 405 g/mol. The van der Waals surface area contributed by atoms with E-state index in [-0.39, 0.29) is 17.6 Å². The summed E-state index contributed by atoms with van der Waals surface area (Å²) in [5, 5.41) is 20.7. The number of aromatic hydroxyl groups is 2. The predicted molar refractivity (Wildman–Crippen MR) is 90.2 cm³/mol. The summed E-state index contributed by atoms with van der Waals surface area (Å²) in [5.41, 5.74) is -0.760. The smallest absolute Gasteiger partial charge is 0.505 e. The van der Waals surface area contributed by atoms with Crippen molar-refractivity contribution >= 4 is 22.8 Å². The maximum atomic E-state index is 12.7. The zero-order valence-corrected chi connectivity index (χ0v) is 14.3. The van der Waals surface area contributed by atoms with Crippen LogP contribution in [-0.4, -0.2) is 43.3 Å². The number of aromatic nitrogens is 2. The second-order valence-electron chi connectivity index (χ2n) is 6.09. The van der Waals surface area contributed by atoms with Crippen molar-refractivity contribution < 1.29 is 37.7 Å². The van der Waals surface area contributed by atoms with Gasteiger partial charge < -0.3 is 14.9 Å². The number of amides is 2. The molecule has 2 amide bonds. The number of hydrogen-bond acceptors (Lipinski definition) is 7. The molecule has 1 aliphatic heterocycles. The first kappa shape index (κ1) is 18.5. The van der Waals surface area contributed by atoms with Gasteiger partial charge in [0.15, 0.2) is 11.5 Å². The van der Waals surface area contributed by atoms with Crippen LogP contribution in [0.15, 0.2) is 36.7 Å². The number of ether oxygens (including phenoxy) is 1. The first-order valence-corrected chi connectivity index (χ1v) is 8.07. The summed E-state index contributed by atoms with van der Waals surface area (Å²) in [7, 11) is 0. The molecule has 11 heteroatoms. The molecule has 3 aromatic rings. The summed E-state index contributed by atoms with van der Waals surface area (Å²) >= 11 is 0. The van der Waals surface area contributed by atoms with Crippen LogP contribution in [0, 0.1) is 0 Å². The van der Waals surface area contributed by atoms with Crippen LogP contribution in [0.2, 0.25) is 0 Å². The van der Waals surface area contributed by atoms with Gasteiger partial charge in [-0.1, -0.05) is 12.1 Å². The SMILES string of the molecule is O=C1c2c(c(O)c3nccnc3c2O)C(=O)N1Cc1ccc(OC(F)(F)F)cc1. The van der Waals surface area contributed by atoms with Crippen LogP contribution in [0.5, 0.6) is 17.2 Å². The third-order valence-corrected chi connectivity index (χ3v) is 4.29. The van der Waals surface area contributed by atoms with E-state index in [1.54, 1.807) is 0 Å². The Bertz CT molecular complexity index is 1100. The van der Waals surface area contributed by atoms with E-state index in [4.69, 9.17) is 0 Å². The highest BCUT2D eigenvalue weighted by Gasteiger charge is 2.42. The lowest BCUT2D eigenvalue weighted by Gasteiger charge is -2.14. The van der Waals surface area contributed by atoms with Gasteiger partial charge in [-0.3, -0.25) is 14.5 Å². The number of halogens is 3. The molecule has 0 fully saturated rings. The van der Waals surface area contributed by atoms with Gasteiger partial charge in [0.2, 0.25) is 0 Å². The van der Waals surface area contributed by atoms with Crippen LogP contribution in [0.3, 0.4) is 0 Å². The Morgan fingerprint density at radius 2 is 1.38 bits per heavy atom. The van der Waals surface area contributed by atoms with E-state index in [0.717, 1.165) is 17.0 Å². The number of hydrogen-bond donors (Lipinski definition) is 2. The topological polar surface area (TPSA) is 113 Å². The molecule has 0 saturated heterocycles. The van der Waals surface area contributed by atoms with Crippen molar-refractivity contribution in [3.8, 4) is 17.2 Å². The fourth-order valence-electron chi connectivity index (χ4n) is 3.06. The Hall–Kier alpha value is -3.89. The molecular weight excluding hydrogens is 395 g/mol. The largest absolute Gasteiger partial charge is 0.573 e. The molecule has 4 rings (SSSR count). The third-order valence-electron chi connectivity index (χ3n) is 4.29. The van der Waals surface area contributed by atoms with Gasteiger partial charge in [-0.2, -0.15) is 0 Å². The molecule has 0 bridgehead atoms. The Labute approximate surface area is 159 Å². The summed E-state index contributed by atoms with van der Waals surface area (Å²) in [6.45, 7) is -0.297. The summed E-state index contributed by atoms with van der Waals surface area (Å²) in [5.74, 6) is -3.38. The Morgan fingerprint density at radius 1 is 0.897 bits per heavy atom. The maximum absolute atomic E-state index is 12.7. The van der Waals surface area contributed by atoms with Gasteiger partial charge in [0.1, 0.15) is 27.9 Å². The molecule has 148 valence electrons. The minimum atomic E-state index is -4.84. The normalized spacial score (nSPS) is 13.8. The van der Waals surface area contributed by atoms with Gasteiger partial charge in [0.05, 0.1) is 6.54 Å². The molecule has 2 N–H and O–H groups in total. The highest BCUT2D eigenvalue weighted by Crippen LogP contribution is 2.42. The highest BCUT2D eigenvalue weighted by molar-refractivity contribution is 6.26. The Balaban J connectivity index is 1.67. The van der Waals surface area contributed by atoms with Gasteiger partial charge in [-0.25, -0.2) is 9.97 Å². The van der Waals surface area contributed by atoms with Crippen LogP contribution in [0.1, 0.15) is 26.3 Å². The molecule has 0 radical (unpaired) electrons. The highest BCUT2D eigenvalue weighted by atomic mass is 19.4. The number of nitrogens with zero attached hydrogens (tertiary/aromatic N) is 3. The zero-order valence-electron chi connectivity index (χ0n) is 14.3. The van der Waals surface area contributed by atoms with Crippen LogP contribution in [0.25, 0.3) is 11.0 Å². The van der Waals surface area contributed by atoms with Crippen LogP contribution in [0.4, 0.5) is 13.2 Å². The van der Waals surface area contributed by atoms with Gasteiger partial charge in [-0.15, -0.1) is 13.2 Å². The quantitative estimate of drug-likeness (QED) is 0.509. The predicted octanol–water partition coefficient (Wildman–Crippen LogP) is 2.74. The number of imide groups is 1. The van der Waals surface area contributed by atoms with Gasteiger partial charge in [0, 0.05) is 12.4 Å². The lowest BCUT2D eigenvalue weighted by atomic mass is 10.1. The van der Waals surface area contributed by atoms with E-state index >= 15 is 0 Å². The number of fused-ring (bicyclic) bond motifs is 2. The number of carbonyl (C=O) groups is 2. The average Bonchev–Trinajstić information content (AvgIpc) is 2.91. The van der Waals surface area contributed by atoms with E-state index in [2.05, 4.69) is 14.7 Å². The average molecular weight is 405 g/mol. The van der Waals surface area contributed by atoms with Crippen LogP contribution < -0.4 is 4.74 Å². The maximum Gasteiger partial charge on any atom is 0.573 e. The molecule has 2 heterocycles. The molecule has 0 spiro atoms. The lowest BCUT2D eigenvalue weighted by Crippen LogP contribution is -2.29. The van der Waals surface area contributed by atoms with Gasteiger partial charge in [-0.05, 0) is 17.7 Å². The van der Waals surface area contributed by atoms with Crippen molar-refractivity contribution in [3.63, 3.8) is 0 Å². The lowest BCUT2D eigenvalue weighted by molar-refractivity contribution is -0.274. The molecule has 2 aromatic carbocycles. The summed E-state index contributed by atoms with van der Waals surface area (Å²) < 4.78 is 40.5. The van der Waals surface area contributed by atoms with E-state index in [9.17, 15) is 33.0 Å². The molecule has 1 aliphatic rings. The number of benzene rings is 2. The summed E-state index contributed by atoms with van der Waals surface area (Å²) in [6.07, 6.45) is -2.35. The zero-order chi connectivity index (χ0) is 20.9. The number of carbonyl (C=O) groups excluding carboxylic acids is 2. The molecular formula is C18H10F3N3O5. The first-order chi connectivity index (χ1) is 13.7. The van der Waals surface area contributed by atoms with Crippen molar-refractivity contribution in [2.45, 2.75) is 12.9 Å². The number of phenolic OH excluding ortho intramolecular Hbond substituents is 2. The summed E-state index contributed by atoms with van der Waals surface area (Å²) in [6, 6.07) is 4.59. The van der Waals surface area contributed by atoms with Crippen molar-refractivity contribution in [2.24, 2.45) is 0 Å². The van der Waals surface area contributed by atoms with Crippen LogP contribution >= 0.6 is 0 Å². The van der Waals surface area contributed by atoms with E-state index in [1.807, 2.05) is 0 Å². The summed E-state index contributed by atoms with van der Waals surface area (Å²) in [4.78, 5) is 33.9. The van der Waals surface area contributed by atoms with Crippen molar-refractivity contribution in [1.29, 1.82) is 0 Å². The molecule has 8 nitrogen and oxygen atoms in total. The second-order valence-corrected chi connectivity index (χ2v) is 6.09. The molecule has 0 saturated carbocycles. The van der Waals surface area contributed by atoms with E-state index in [1.165, 1.54) is 24.5 Å². The standard InChI is InChI=1S/C18H10F3N3O5/c19-18(20,21)29-9-3-1-8(2-4-9)7-24-16(27)10-11(17(24)28)15(26)13-12(14(10)25)22-5-6-23-13/h1-6,25-26H,7H2. The van der Waals surface area contributed by atoms with E-state index < -0.39 is 46.6 Å². The number of rotatable bonds is 3. The first-order valence-electron chi connectivity index (χ1n) is 8.07. The fraction of sp³-hybridized carbons (Fsp3) is 0.111. The molecule has 0 aliphatic carbocycles. The van der Waals surface area contributed by atoms with Crippen molar-refractivity contribution in [1.82, 2.24) is 14.9 Å². The number of phenols is 2. The third kappa shape index (κ3) is 3.06. The van der Waals surface area contributed by atoms with Crippen LogP contribution in [-0.2, 0) is 6.54 Å². The van der Waals surface area contributed by atoms with E-state index in [0.29, 0.717) is 5.56 Å². The van der Waals surface area contributed by atoms with Crippen molar-refractivity contribution in [2.75, 3.05) is 0 Å². The number of alkyl halides is 3. The fourth-order valence-corrected chi connectivity index (χ4v) is 3.06. The minimum absolute atomic E-state index is 0.139.